The quantitative estimate of drug-likeness (QED) is 0.697. The van der Waals surface area contributed by atoms with E-state index < -0.39 is 27.9 Å². The Kier molecular flexibility index (Phi) is 5.75. The van der Waals surface area contributed by atoms with Gasteiger partial charge in [-0.05, 0) is 36.1 Å². The van der Waals surface area contributed by atoms with Crippen LogP contribution in [0, 0.1) is 17.7 Å². The topological polar surface area (TPSA) is 115 Å². The van der Waals surface area contributed by atoms with E-state index in [1.807, 2.05) is 0 Å². The molecule has 1 fully saturated rings. The fourth-order valence-electron chi connectivity index (χ4n) is 3.47. The van der Waals surface area contributed by atoms with Crippen LogP contribution < -0.4 is 4.90 Å². The van der Waals surface area contributed by atoms with Gasteiger partial charge < -0.3 is 9.84 Å². The molecule has 1 atom stereocenters. The van der Waals surface area contributed by atoms with Gasteiger partial charge in [0.05, 0.1) is 36.5 Å². The van der Waals surface area contributed by atoms with Gasteiger partial charge in [0, 0.05) is 5.56 Å². The van der Waals surface area contributed by atoms with Gasteiger partial charge in [-0.15, -0.1) is 5.10 Å². The van der Waals surface area contributed by atoms with E-state index in [0.29, 0.717) is 22.5 Å². The minimum absolute atomic E-state index is 0.00423. The lowest BCUT2D eigenvalue weighted by molar-refractivity contribution is 0.129. The number of anilines is 1. The number of rotatable bonds is 4. The number of sulfone groups is 1. The minimum Gasteiger partial charge on any atom is -0.442 e. The van der Waals surface area contributed by atoms with E-state index in [4.69, 9.17) is 9.84 Å². The molecule has 0 spiro atoms. The summed E-state index contributed by atoms with van der Waals surface area (Å²) in [5, 5.41) is 16.5. The number of halogens is 1. The molecule has 1 saturated heterocycles. The van der Waals surface area contributed by atoms with Gasteiger partial charge >= 0.3 is 6.09 Å². The maximum atomic E-state index is 14.7. The SMILES string of the molecule is O=C1OC(Cn2cc(C#CCO)nn2)CN1c1ccc(C2=CCS(=O)(=O)CC2)c(F)c1. The summed E-state index contributed by atoms with van der Waals surface area (Å²) in [7, 11) is -3.10. The molecule has 1 amide bonds. The van der Waals surface area contributed by atoms with Crippen LogP contribution in [-0.4, -0.2) is 65.4 Å². The highest BCUT2D eigenvalue weighted by atomic mass is 32.2. The van der Waals surface area contributed by atoms with Crippen molar-refractivity contribution in [3.8, 4) is 11.8 Å². The minimum atomic E-state index is -3.10. The summed E-state index contributed by atoms with van der Waals surface area (Å²) in [5.74, 6) is 4.48. The number of aromatic nitrogens is 3. The number of carbonyl (C=O) groups excluding carboxylic acids is 1. The molecule has 0 saturated carbocycles. The fourth-order valence-corrected chi connectivity index (χ4v) is 4.62. The molecule has 1 aromatic carbocycles. The van der Waals surface area contributed by atoms with Crippen LogP contribution in [0.1, 0.15) is 17.7 Å². The number of allylic oxidation sites excluding steroid dienone is 1. The molecule has 1 unspecified atom stereocenters. The fraction of sp³-hybridized carbons (Fsp3) is 0.350. The summed E-state index contributed by atoms with van der Waals surface area (Å²) in [4.78, 5) is 13.6. The number of cyclic esters (lactones) is 1. The summed E-state index contributed by atoms with van der Waals surface area (Å²) in [6, 6.07) is 4.42. The van der Waals surface area contributed by atoms with Crippen molar-refractivity contribution in [1.29, 1.82) is 0 Å². The van der Waals surface area contributed by atoms with Crippen molar-refractivity contribution < 1.29 is 27.4 Å². The smallest absolute Gasteiger partial charge is 0.414 e. The van der Waals surface area contributed by atoms with Gasteiger partial charge in [0.2, 0.25) is 0 Å². The molecule has 4 rings (SSSR count). The van der Waals surface area contributed by atoms with Gasteiger partial charge in [0.1, 0.15) is 18.5 Å². The van der Waals surface area contributed by atoms with Crippen molar-refractivity contribution >= 4 is 27.2 Å². The number of ether oxygens (including phenoxy) is 1. The van der Waals surface area contributed by atoms with Crippen LogP contribution in [0.4, 0.5) is 14.9 Å². The Morgan fingerprint density at radius 1 is 1.35 bits per heavy atom. The number of nitrogens with zero attached hydrogens (tertiary/aromatic N) is 4. The summed E-state index contributed by atoms with van der Waals surface area (Å²) < 4.78 is 44.7. The van der Waals surface area contributed by atoms with Crippen LogP contribution in [-0.2, 0) is 21.1 Å². The molecule has 11 heteroatoms. The Labute approximate surface area is 178 Å². The van der Waals surface area contributed by atoms with E-state index in [1.165, 1.54) is 21.7 Å². The van der Waals surface area contributed by atoms with E-state index in [1.54, 1.807) is 18.3 Å². The zero-order valence-corrected chi connectivity index (χ0v) is 17.2. The van der Waals surface area contributed by atoms with Crippen molar-refractivity contribution in [2.75, 3.05) is 29.6 Å². The Hall–Kier alpha value is -3.23. The monoisotopic (exact) mass is 446 g/mol. The summed E-state index contributed by atoms with van der Waals surface area (Å²) in [6.07, 6.45) is 2.26. The van der Waals surface area contributed by atoms with Gasteiger partial charge in [-0.1, -0.05) is 17.2 Å². The highest BCUT2D eigenvalue weighted by Crippen LogP contribution is 2.30. The number of benzene rings is 1. The number of hydrogen-bond acceptors (Lipinski definition) is 7. The molecule has 1 N–H and O–H groups in total. The first kappa shape index (κ1) is 21.0. The average molecular weight is 446 g/mol. The highest BCUT2D eigenvalue weighted by molar-refractivity contribution is 7.91. The van der Waals surface area contributed by atoms with E-state index in [9.17, 15) is 17.6 Å². The van der Waals surface area contributed by atoms with Gasteiger partial charge in [-0.25, -0.2) is 22.3 Å². The molecular weight excluding hydrogens is 427 g/mol. The number of amides is 1. The van der Waals surface area contributed by atoms with E-state index >= 15 is 0 Å². The van der Waals surface area contributed by atoms with Crippen molar-refractivity contribution in [2.45, 2.75) is 19.1 Å². The molecule has 2 aliphatic rings. The lowest BCUT2D eigenvalue weighted by atomic mass is 10.0. The summed E-state index contributed by atoms with van der Waals surface area (Å²) in [6.45, 7) is 0.168. The first-order valence-corrected chi connectivity index (χ1v) is 11.3. The van der Waals surface area contributed by atoms with Crippen LogP contribution in [0.15, 0.2) is 30.5 Å². The number of aliphatic hydroxyl groups is 1. The molecule has 0 aliphatic carbocycles. The molecule has 2 aromatic rings. The van der Waals surface area contributed by atoms with Crippen LogP contribution in [0.2, 0.25) is 0 Å². The number of aliphatic hydroxyl groups excluding tert-OH is 1. The molecule has 162 valence electrons. The van der Waals surface area contributed by atoms with Gasteiger partial charge in [-0.2, -0.15) is 0 Å². The Morgan fingerprint density at radius 3 is 2.90 bits per heavy atom. The maximum absolute atomic E-state index is 14.7. The molecule has 9 nitrogen and oxygen atoms in total. The van der Waals surface area contributed by atoms with Crippen molar-refractivity contribution in [3.63, 3.8) is 0 Å². The molecule has 0 radical (unpaired) electrons. The van der Waals surface area contributed by atoms with E-state index in [2.05, 4.69) is 22.2 Å². The van der Waals surface area contributed by atoms with Crippen LogP contribution in [0.3, 0.4) is 0 Å². The lowest BCUT2D eigenvalue weighted by Gasteiger charge is -2.17. The Balaban J connectivity index is 1.45. The van der Waals surface area contributed by atoms with Gasteiger partial charge in [-0.3, -0.25) is 4.90 Å². The van der Waals surface area contributed by atoms with Crippen molar-refractivity contribution in [2.24, 2.45) is 0 Å². The second kappa shape index (κ2) is 8.49. The summed E-state index contributed by atoms with van der Waals surface area (Å²) in [5.41, 5.74) is 1.72. The first-order valence-electron chi connectivity index (χ1n) is 9.52. The Bertz CT molecular complexity index is 1210. The van der Waals surface area contributed by atoms with Crippen LogP contribution >= 0.6 is 0 Å². The highest BCUT2D eigenvalue weighted by Gasteiger charge is 2.33. The zero-order valence-electron chi connectivity index (χ0n) is 16.4. The average Bonchev–Trinajstić information content (AvgIpc) is 3.33. The molecule has 0 bridgehead atoms. The van der Waals surface area contributed by atoms with Gasteiger partial charge in [0.25, 0.3) is 0 Å². The lowest BCUT2D eigenvalue weighted by Crippen LogP contribution is -2.26. The molecular formula is C20H19FN4O5S. The third-order valence-corrected chi connectivity index (χ3v) is 6.48. The van der Waals surface area contributed by atoms with E-state index in [0.717, 1.165) is 0 Å². The molecule has 2 aliphatic heterocycles. The maximum Gasteiger partial charge on any atom is 0.414 e. The third-order valence-electron chi connectivity index (χ3n) is 4.98. The molecule has 3 heterocycles. The standard InChI is InChI=1S/C20H19FN4O5S/c21-19-10-16(3-4-18(19)14-5-8-31(28,29)9-6-14)25-13-17(30-20(25)27)12-24-11-15(22-23-24)2-1-7-26/h3-5,10-11,17,26H,6-9,12-13H2. The normalized spacial score (nSPS) is 20.1. The summed E-state index contributed by atoms with van der Waals surface area (Å²) >= 11 is 0. The second-order valence-corrected chi connectivity index (χ2v) is 9.39. The largest absolute Gasteiger partial charge is 0.442 e. The third kappa shape index (κ3) is 4.76. The second-order valence-electron chi connectivity index (χ2n) is 7.16. The molecule has 1 aromatic heterocycles. The first-order chi connectivity index (χ1) is 14.8. The van der Waals surface area contributed by atoms with Crippen LogP contribution in [0.25, 0.3) is 5.57 Å². The van der Waals surface area contributed by atoms with Crippen molar-refractivity contribution in [1.82, 2.24) is 15.0 Å². The predicted octanol–water partition coefficient (Wildman–Crippen LogP) is 0.988. The van der Waals surface area contributed by atoms with Crippen molar-refractivity contribution in [3.05, 3.63) is 47.5 Å². The Morgan fingerprint density at radius 2 is 2.19 bits per heavy atom. The zero-order chi connectivity index (χ0) is 22.0. The van der Waals surface area contributed by atoms with Crippen LogP contribution in [0.5, 0.6) is 0 Å². The predicted molar refractivity (Wildman–Crippen MR) is 109 cm³/mol. The number of carbonyl (C=O) groups is 1. The van der Waals surface area contributed by atoms with E-state index in [-0.39, 0.29) is 37.6 Å². The molecule has 31 heavy (non-hydrogen) atoms. The van der Waals surface area contributed by atoms with Gasteiger partial charge in [0.15, 0.2) is 15.5 Å². The number of hydrogen-bond donors (Lipinski definition) is 1.